The Kier molecular flexibility index (Phi) is 84.9. The zero-order valence-electron chi connectivity index (χ0n) is 37.2. The van der Waals surface area contributed by atoms with Crippen LogP contribution in [0.25, 0.3) is 0 Å². The molecule has 4 saturated heterocycles. The van der Waals surface area contributed by atoms with Crippen molar-refractivity contribution in [2.75, 3.05) is 0 Å². The van der Waals surface area contributed by atoms with Crippen LogP contribution in [0.1, 0.15) is 107 Å². The Balaban J connectivity index is -0.0000000431. The van der Waals surface area contributed by atoms with Gasteiger partial charge in [-0.3, -0.25) is 19.2 Å². The minimum atomic E-state index is -1.44. The van der Waals surface area contributed by atoms with Crippen LogP contribution in [0, 0.1) is 0 Å². The van der Waals surface area contributed by atoms with E-state index in [1.807, 2.05) is 27.7 Å². The molecule has 0 aromatic heterocycles. The second-order valence-corrected chi connectivity index (χ2v) is 12.0. The molecule has 20 N–H and O–H groups in total. The molecule has 8 atom stereocenters. The zero-order chi connectivity index (χ0) is 41.7. The van der Waals surface area contributed by atoms with E-state index in [0.29, 0.717) is 24.2 Å². The molecule has 0 bridgehead atoms. The van der Waals surface area contributed by atoms with Crippen LogP contribution in [0.5, 0.6) is 0 Å². The molecule has 336 valence electrons. The largest absolute Gasteiger partial charge is 1.00 e. The minimum Gasteiger partial charge on any atom is -0.547 e. The van der Waals surface area contributed by atoms with Crippen molar-refractivity contribution >= 4 is 47.5 Å². The number of carbonyl (C=O) groups excluding carboxylic acids is 6. The van der Waals surface area contributed by atoms with Gasteiger partial charge in [0.05, 0.1) is 24.1 Å². The molecule has 0 saturated carbocycles. The van der Waals surface area contributed by atoms with Crippen LogP contribution in [-0.2, 0) is 49.3 Å². The third kappa shape index (κ3) is 70.4. The molecule has 4 amide bonds. The molecule has 24 nitrogen and oxygen atoms in total. The monoisotopic (exact) mass is 952 g/mol. The van der Waals surface area contributed by atoms with Crippen LogP contribution in [0.3, 0.4) is 0 Å². The molecule has 0 spiro atoms. The van der Waals surface area contributed by atoms with Crippen molar-refractivity contribution in [2.24, 2.45) is 0 Å². The Morgan fingerprint density at radius 1 is 0.483 bits per heavy atom. The molecule has 60 heavy (non-hydrogen) atoms. The number of hydrogen-bond acceptors (Lipinski definition) is 14. The van der Waals surface area contributed by atoms with E-state index in [-0.39, 0.29) is 207 Å². The molecule has 0 aliphatic carbocycles. The first kappa shape index (κ1) is 91.2. The van der Waals surface area contributed by atoms with E-state index in [4.69, 9.17) is 30.6 Å². The van der Waals surface area contributed by atoms with Crippen molar-refractivity contribution in [3.63, 3.8) is 0 Å². The van der Waals surface area contributed by atoms with Crippen LogP contribution in [0.4, 0.5) is 0 Å². The van der Waals surface area contributed by atoms with E-state index in [2.05, 4.69) is 21.3 Å². The number of carbonyl (C=O) groups is 8. The van der Waals surface area contributed by atoms with Gasteiger partial charge in [-0.15, -0.1) is 0 Å². The maximum atomic E-state index is 10.3. The number of aliphatic carboxylic acids is 4. The Hall–Kier alpha value is 0.713. The van der Waals surface area contributed by atoms with Crippen molar-refractivity contribution in [3.8, 4) is 0 Å². The number of hydrogen-bond donors (Lipinski definition) is 10. The van der Waals surface area contributed by atoms with Gasteiger partial charge in [0.2, 0.25) is 23.6 Å². The van der Waals surface area contributed by atoms with Gasteiger partial charge >= 0.3 is 174 Å². The summed E-state index contributed by atoms with van der Waals surface area (Å²) in [5.74, 6) is -4.44. The van der Waals surface area contributed by atoms with Crippen LogP contribution < -0.4 is 193 Å². The molecule has 0 aromatic carbocycles. The Morgan fingerprint density at radius 3 is 0.617 bits per heavy atom. The Labute approximate surface area is 480 Å². The van der Waals surface area contributed by atoms with Gasteiger partial charge < -0.3 is 93.6 Å². The zero-order valence-corrected chi connectivity index (χ0v) is 47.4. The summed E-state index contributed by atoms with van der Waals surface area (Å²) in [6.45, 7) is 12.7. The van der Waals surface area contributed by atoms with Gasteiger partial charge in [0.25, 0.3) is 0 Å². The first-order valence-corrected chi connectivity index (χ1v) is 16.5. The Morgan fingerprint density at radius 2 is 0.600 bits per heavy atom. The molecule has 8 unspecified atom stereocenters. The molecule has 0 radical (unpaired) electrons. The summed E-state index contributed by atoms with van der Waals surface area (Å²) in [6, 6.07) is 1.69. The van der Waals surface area contributed by atoms with Crippen LogP contribution in [0.15, 0.2) is 0 Å². The van der Waals surface area contributed by atoms with Gasteiger partial charge in [0.1, 0.15) is 12.2 Å². The van der Waals surface area contributed by atoms with Crippen LogP contribution >= 0.6 is 0 Å². The molecule has 4 heterocycles. The van der Waals surface area contributed by atoms with Crippen molar-refractivity contribution < 1.29 is 263 Å². The van der Waals surface area contributed by atoms with E-state index in [1.165, 1.54) is 13.8 Å². The molecule has 28 heteroatoms. The standard InChI is InChI=1S/4C5H9NO.4C3H6O3.2K.2Na.4H2O/c4*1-4-2-3-5(7)6-4;4*1-2(4)3(5)6;;;;;;;;/h4*4H,2-3H2,1H3,(H,6,7);4*2,4H,1H3,(H,5,6);;;;;4*1H2/q;;;;;;;;4*+1;;;;. The van der Waals surface area contributed by atoms with Gasteiger partial charge in [-0.2, -0.15) is 0 Å². The fourth-order valence-electron chi connectivity index (χ4n) is 3.07. The maximum Gasteiger partial charge on any atom is 1.00 e. The molecular formula is C32H68K2N4Na2O20+4. The number of carboxylic acid groups (broad SMARTS) is 4. The van der Waals surface area contributed by atoms with Crippen molar-refractivity contribution in [1.82, 2.24) is 21.3 Å². The van der Waals surface area contributed by atoms with Crippen LogP contribution in [0.2, 0.25) is 0 Å². The average molecular weight is 953 g/mol. The number of carboxylic acids is 4. The van der Waals surface area contributed by atoms with E-state index >= 15 is 0 Å². The van der Waals surface area contributed by atoms with Gasteiger partial charge in [0, 0.05) is 49.9 Å². The number of amides is 4. The van der Waals surface area contributed by atoms with Crippen molar-refractivity contribution in [2.45, 2.75) is 155 Å². The van der Waals surface area contributed by atoms with Crippen molar-refractivity contribution in [3.05, 3.63) is 0 Å². The molecule has 0 aromatic rings. The quantitative estimate of drug-likeness (QED) is 0.0924. The van der Waals surface area contributed by atoms with E-state index in [1.54, 1.807) is 0 Å². The van der Waals surface area contributed by atoms with E-state index < -0.39 is 48.3 Å². The first-order valence-electron chi connectivity index (χ1n) is 16.5. The van der Waals surface area contributed by atoms with Gasteiger partial charge in [-0.05, 0) is 81.1 Å². The summed E-state index contributed by atoms with van der Waals surface area (Å²) >= 11 is 0. The third-order valence-corrected chi connectivity index (χ3v) is 6.24. The van der Waals surface area contributed by atoms with Gasteiger partial charge in [0.15, 0.2) is 0 Å². The number of rotatable bonds is 4. The normalized spacial score (nSPS) is 19.7. The molecular weight excluding hydrogens is 885 g/mol. The summed E-state index contributed by atoms with van der Waals surface area (Å²) in [6.07, 6.45) is 1.80. The predicted octanol–water partition coefficient (Wildman–Crippen LogP) is -19.2. The fraction of sp³-hybridized carbons (Fsp3) is 0.750. The number of nitrogens with one attached hydrogen (secondary N) is 4. The SMILES string of the molecule is CC(O)C(=O)O.CC(O)C(=O)O.CC(O)C(=O)[O-].CC(O)C(=O)[O-].CC1CCC(=O)N1.CC1CCC(=O)N1.CC1CCC(=O)N1.CC1CCC(=O)N1.O.O.[K+].[K+].[Na+].[Na+].[OH3+].[OH3+]. The van der Waals surface area contributed by atoms with E-state index in [9.17, 15) is 48.6 Å². The average Bonchev–Trinajstić information content (AvgIpc) is 3.81. The van der Waals surface area contributed by atoms with Gasteiger partial charge in [-0.25, -0.2) is 9.59 Å². The number of aliphatic hydroxyl groups is 4. The minimum absolute atomic E-state index is 0. The molecule has 4 aliphatic heterocycles. The second-order valence-electron chi connectivity index (χ2n) is 12.0. The summed E-state index contributed by atoms with van der Waals surface area (Å²) < 4.78 is 0. The van der Waals surface area contributed by atoms with Crippen molar-refractivity contribution in [1.29, 1.82) is 0 Å². The smallest absolute Gasteiger partial charge is 0.547 e. The third-order valence-electron chi connectivity index (χ3n) is 6.24. The topological polar surface area (TPSA) is 481 Å². The maximum absolute atomic E-state index is 10.3. The second kappa shape index (κ2) is 55.8. The van der Waals surface area contributed by atoms with Crippen LogP contribution in [-0.4, -0.2) is 138 Å². The fourth-order valence-corrected chi connectivity index (χ4v) is 3.07. The number of aliphatic hydroxyl groups excluding tert-OH is 4. The molecule has 4 aliphatic rings. The van der Waals surface area contributed by atoms with E-state index in [0.717, 1.165) is 65.2 Å². The summed E-state index contributed by atoms with van der Waals surface area (Å²) in [5, 5.41) is 77.3. The summed E-state index contributed by atoms with van der Waals surface area (Å²) in [5.41, 5.74) is 0. The predicted molar refractivity (Wildman–Crippen MR) is 196 cm³/mol. The molecule has 4 fully saturated rings. The first-order chi connectivity index (χ1) is 23.7. The van der Waals surface area contributed by atoms with Gasteiger partial charge in [-0.1, -0.05) is 0 Å². The summed E-state index contributed by atoms with van der Waals surface area (Å²) in [7, 11) is 0. The Bertz CT molecular complexity index is 962. The molecule has 4 rings (SSSR count). The summed E-state index contributed by atoms with van der Waals surface area (Å²) in [4.78, 5) is 78.9.